The van der Waals surface area contributed by atoms with Gasteiger partial charge in [-0.05, 0) is 48.7 Å². The number of aliphatic imine (C=N–C) groups is 2. The van der Waals surface area contributed by atoms with Crippen LogP contribution >= 0.6 is 11.8 Å². The van der Waals surface area contributed by atoms with Crippen LogP contribution in [0.25, 0.3) is 11.4 Å². The Kier molecular flexibility index (Phi) is 7.03. The summed E-state index contributed by atoms with van der Waals surface area (Å²) in [6, 6.07) is 12.0. The molecule has 0 radical (unpaired) electrons. The number of hydrogen-bond donors (Lipinski definition) is 1. The fourth-order valence-electron chi connectivity index (χ4n) is 2.62. The topological polar surface area (TPSA) is 119 Å². The van der Waals surface area contributed by atoms with Gasteiger partial charge in [0.2, 0.25) is 11.7 Å². The van der Waals surface area contributed by atoms with Crippen molar-refractivity contribution < 1.29 is 23.9 Å². The summed E-state index contributed by atoms with van der Waals surface area (Å²) in [7, 11) is 2.70. The van der Waals surface area contributed by atoms with Gasteiger partial charge < -0.3 is 19.1 Å². The Bertz CT molecular complexity index is 1140. The molecular formula is C21H20N4O5S. The summed E-state index contributed by atoms with van der Waals surface area (Å²) in [5.41, 5.74) is 2.40. The zero-order valence-electron chi connectivity index (χ0n) is 17.3. The number of benzene rings is 2. The minimum atomic E-state index is -0.745. The summed E-state index contributed by atoms with van der Waals surface area (Å²) in [4.78, 5) is 24.7. The summed E-state index contributed by atoms with van der Waals surface area (Å²) in [5, 5.41) is 14.2. The molecule has 0 saturated heterocycles. The van der Waals surface area contributed by atoms with E-state index < -0.39 is 6.09 Å². The standard InChI is InChI=1S/C21H20N4O5S/c1-12-22-19(25-30-12)13-5-8-15(9-6-13)23-18(20(31-4)24-21(27)29-3)14-7-10-16(26)17(11-14)28-2/h5-11,26H,1-4H3. The molecule has 160 valence electrons. The van der Waals surface area contributed by atoms with Gasteiger partial charge in [-0.1, -0.05) is 5.16 Å². The second-order valence-electron chi connectivity index (χ2n) is 6.12. The van der Waals surface area contributed by atoms with Gasteiger partial charge in [-0.3, -0.25) is 0 Å². The minimum Gasteiger partial charge on any atom is -0.504 e. The molecule has 2 aromatic carbocycles. The second-order valence-corrected chi connectivity index (χ2v) is 6.92. The Labute approximate surface area is 182 Å². The van der Waals surface area contributed by atoms with Crippen molar-refractivity contribution in [2.45, 2.75) is 6.92 Å². The van der Waals surface area contributed by atoms with E-state index in [1.807, 2.05) is 12.1 Å². The molecule has 9 nitrogen and oxygen atoms in total. The lowest BCUT2D eigenvalue weighted by Gasteiger charge is -2.11. The number of carbonyl (C=O) groups is 1. The molecular weight excluding hydrogens is 420 g/mol. The first-order valence-electron chi connectivity index (χ1n) is 9.03. The predicted molar refractivity (Wildman–Crippen MR) is 119 cm³/mol. The summed E-state index contributed by atoms with van der Waals surface area (Å²) < 4.78 is 14.9. The normalized spacial score (nSPS) is 12.0. The molecule has 0 saturated carbocycles. The van der Waals surface area contributed by atoms with Crippen LogP contribution in [0.3, 0.4) is 0 Å². The first-order valence-corrected chi connectivity index (χ1v) is 10.3. The number of nitrogens with zero attached hydrogens (tertiary/aromatic N) is 4. The third kappa shape index (κ3) is 5.28. The molecule has 0 aliphatic heterocycles. The minimum absolute atomic E-state index is 0.0130. The Balaban J connectivity index is 2.08. The molecule has 1 N–H and O–H groups in total. The van der Waals surface area contributed by atoms with Crippen LogP contribution in [0.1, 0.15) is 11.5 Å². The van der Waals surface area contributed by atoms with Gasteiger partial charge in [0, 0.05) is 18.1 Å². The molecule has 3 aromatic rings. The van der Waals surface area contributed by atoms with Crippen LogP contribution in [-0.4, -0.2) is 52.6 Å². The number of phenolic OH excluding ortho intramolecular Hbond substituents is 1. The number of thioether (sulfide) groups is 1. The van der Waals surface area contributed by atoms with Gasteiger partial charge in [0.25, 0.3) is 0 Å². The van der Waals surface area contributed by atoms with Gasteiger partial charge in [-0.15, -0.1) is 11.8 Å². The highest BCUT2D eigenvalue weighted by Gasteiger charge is 2.16. The molecule has 3 rings (SSSR count). The number of carbonyl (C=O) groups excluding carboxylic acids is 1. The zero-order chi connectivity index (χ0) is 22.4. The van der Waals surface area contributed by atoms with Crippen LogP contribution < -0.4 is 4.74 Å². The molecule has 1 amide bonds. The molecule has 10 heteroatoms. The fourth-order valence-corrected chi connectivity index (χ4v) is 3.14. The highest BCUT2D eigenvalue weighted by molar-refractivity contribution is 8.15. The lowest BCUT2D eigenvalue weighted by molar-refractivity contribution is 0.183. The Morgan fingerprint density at radius 3 is 2.48 bits per heavy atom. The number of phenols is 1. The van der Waals surface area contributed by atoms with Crippen LogP contribution in [0.5, 0.6) is 11.5 Å². The van der Waals surface area contributed by atoms with Crippen LogP contribution in [0.15, 0.2) is 57.0 Å². The first-order chi connectivity index (χ1) is 14.9. The van der Waals surface area contributed by atoms with Gasteiger partial charge in [0.15, 0.2) is 11.5 Å². The van der Waals surface area contributed by atoms with E-state index in [-0.39, 0.29) is 11.5 Å². The number of aryl methyl sites for hydroxylation is 1. The van der Waals surface area contributed by atoms with Crippen LogP contribution in [-0.2, 0) is 4.74 Å². The molecule has 0 fully saturated rings. The van der Waals surface area contributed by atoms with Crippen molar-refractivity contribution in [2.75, 3.05) is 20.5 Å². The lowest BCUT2D eigenvalue weighted by atomic mass is 10.1. The Morgan fingerprint density at radius 1 is 1.16 bits per heavy atom. The van der Waals surface area contributed by atoms with E-state index in [0.29, 0.717) is 33.7 Å². The largest absolute Gasteiger partial charge is 0.504 e. The monoisotopic (exact) mass is 440 g/mol. The van der Waals surface area contributed by atoms with Gasteiger partial charge >= 0.3 is 6.09 Å². The number of rotatable bonds is 5. The maximum absolute atomic E-state index is 11.8. The molecule has 0 spiro atoms. The number of ether oxygens (including phenoxy) is 2. The quantitative estimate of drug-likeness (QED) is 0.458. The Hall–Kier alpha value is -3.66. The SMILES string of the molecule is COC(=O)N=C(SC)C(=Nc1ccc(-c2noc(C)n2)cc1)c1ccc(O)c(OC)c1. The second kappa shape index (κ2) is 9.90. The van der Waals surface area contributed by atoms with E-state index in [2.05, 4.69) is 24.9 Å². The van der Waals surface area contributed by atoms with Crippen molar-refractivity contribution in [3.63, 3.8) is 0 Å². The number of hydrogen-bond acceptors (Lipinski definition) is 9. The number of aromatic hydroxyl groups is 1. The molecule has 0 atom stereocenters. The van der Waals surface area contributed by atoms with Crippen molar-refractivity contribution in [3.8, 4) is 22.9 Å². The van der Waals surface area contributed by atoms with Crippen LogP contribution in [0.4, 0.5) is 10.5 Å². The van der Waals surface area contributed by atoms with Crippen molar-refractivity contribution in [3.05, 3.63) is 53.9 Å². The van der Waals surface area contributed by atoms with E-state index >= 15 is 0 Å². The van der Waals surface area contributed by atoms with E-state index in [1.54, 1.807) is 37.4 Å². The van der Waals surface area contributed by atoms with E-state index in [1.165, 1.54) is 32.0 Å². The third-order valence-corrected chi connectivity index (χ3v) is 4.78. The number of aromatic nitrogens is 2. The molecule has 0 bridgehead atoms. The van der Waals surface area contributed by atoms with Crippen molar-refractivity contribution >= 4 is 34.3 Å². The fraction of sp³-hybridized carbons (Fsp3) is 0.190. The average Bonchev–Trinajstić information content (AvgIpc) is 3.23. The smallest absolute Gasteiger partial charge is 0.434 e. The first kappa shape index (κ1) is 22.0. The molecule has 0 aliphatic rings. The van der Waals surface area contributed by atoms with Crippen molar-refractivity contribution in [1.82, 2.24) is 10.1 Å². The summed E-state index contributed by atoms with van der Waals surface area (Å²) in [5.74, 6) is 1.21. The maximum Gasteiger partial charge on any atom is 0.434 e. The third-order valence-electron chi connectivity index (χ3n) is 4.11. The predicted octanol–water partition coefficient (Wildman–Crippen LogP) is 4.41. The molecule has 1 heterocycles. The maximum atomic E-state index is 11.8. The molecule has 31 heavy (non-hydrogen) atoms. The molecule has 0 unspecified atom stereocenters. The lowest BCUT2D eigenvalue weighted by Crippen LogP contribution is -2.14. The Morgan fingerprint density at radius 2 is 1.90 bits per heavy atom. The number of methoxy groups -OCH3 is 2. The van der Waals surface area contributed by atoms with E-state index in [9.17, 15) is 9.90 Å². The summed E-state index contributed by atoms with van der Waals surface area (Å²) in [6.45, 7) is 1.72. The van der Waals surface area contributed by atoms with E-state index in [4.69, 9.17) is 9.26 Å². The van der Waals surface area contributed by atoms with Gasteiger partial charge in [0.05, 0.1) is 19.9 Å². The van der Waals surface area contributed by atoms with Gasteiger partial charge in [-0.25, -0.2) is 9.79 Å². The van der Waals surface area contributed by atoms with Gasteiger partial charge in [0.1, 0.15) is 10.8 Å². The van der Waals surface area contributed by atoms with Crippen LogP contribution in [0.2, 0.25) is 0 Å². The zero-order valence-corrected chi connectivity index (χ0v) is 18.1. The highest BCUT2D eigenvalue weighted by atomic mass is 32.2. The van der Waals surface area contributed by atoms with E-state index in [0.717, 1.165) is 5.56 Å². The summed E-state index contributed by atoms with van der Waals surface area (Å²) >= 11 is 1.24. The summed E-state index contributed by atoms with van der Waals surface area (Å²) in [6.07, 6.45) is 1.03. The van der Waals surface area contributed by atoms with Crippen molar-refractivity contribution in [2.24, 2.45) is 9.98 Å². The number of amides is 1. The molecule has 0 aliphatic carbocycles. The van der Waals surface area contributed by atoms with Crippen molar-refractivity contribution in [1.29, 1.82) is 0 Å². The molecule has 1 aromatic heterocycles. The highest BCUT2D eigenvalue weighted by Crippen LogP contribution is 2.29. The van der Waals surface area contributed by atoms with Crippen LogP contribution in [0, 0.1) is 6.92 Å². The van der Waals surface area contributed by atoms with Gasteiger partial charge in [-0.2, -0.15) is 9.98 Å². The average molecular weight is 440 g/mol.